The van der Waals surface area contributed by atoms with Crippen molar-refractivity contribution in [2.24, 2.45) is 29.4 Å². The third-order valence-electron chi connectivity index (χ3n) is 7.75. The van der Waals surface area contributed by atoms with Crippen molar-refractivity contribution < 1.29 is 44.1 Å². The molecule has 1 aromatic rings. The molecule has 3 aliphatic carbocycles. The number of benzene rings is 1. The van der Waals surface area contributed by atoms with Gasteiger partial charge in [0.1, 0.15) is 11.3 Å². The van der Waals surface area contributed by atoms with Gasteiger partial charge in [-0.3, -0.25) is 28.9 Å². The van der Waals surface area contributed by atoms with Crippen LogP contribution in [-0.4, -0.2) is 95.1 Å². The van der Waals surface area contributed by atoms with Crippen molar-refractivity contribution in [2.45, 2.75) is 24.5 Å². The highest BCUT2D eigenvalue weighted by Gasteiger charge is 2.69. The largest absolute Gasteiger partial charge is 0.506 e. The number of nitrogens with zero attached hydrogens (tertiary/aromatic N) is 2. The molecule has 2 fully saturated rings. The molecule has 12 heteroatoms. The summed E-state index contributed by atoms with van der Waals surface area (Å²) in [5.74, 6) is -13.5. The molecule has 4 rings (SSSR count). The lowest BCUT2D eigenvalue weighted by molar-refractivity contribution is -0.181. The van der Waals surface area contributed by atoms with Crippen LogP contribution in [0.3, 0.4) is 0 Å². The Balaban J connectivity index is 1.93. The van der Waals surface area contributed by atoms with E-state index < -0.39 is 81.6 Å². The number of hydrogen-bond acceptors (Lipinski definition) is 10. The first kappa shape index (κ1) is 25.5. The van der Waals surface area contributed by atoms with Crippen LogP contribution in [0.15, 0.2) is 6.07 Å². The molecule has 2 saturated carbocycles. The topological polar surface area (TPSA) is 196 Å². The van der Waals surface area contributed by atoms with Crippen LogP contribution < -0.4 is 10.6 Å². The smallest absolute Gasteiger partial charge is 0.339 e. The second-order valence-electron chi connectivity index (χ2n) is 10.1. The number of fused-ring (bicyclic) bond motifs is 3. The number of primary amides is 1. The minimum absolute atomic E-state index is 0.0484. The molecule has 36 heavy (non-hydrogen) atoms. The molecular formula is C24H27N3O9. The van der Waals surface area contributed by atoms with Gasteiger partial charge >= 0.3 is 5.97 Å². The molecule has 1 aromatic carbocycles. The molecule has 2 unspecified atom stereocenters. The molecule has 1 amide bonds. The second-order valence-corrected chi connectivity index (χ2v) is 10.1. The van der Waals surface area contributed by atoms with Crippen molar-refractivity contribution in [3.63, 3.8) is 0 Å². The minimum Gasteiger partial charge on any atom is -0.506 e. The summed E-state index contributed by atoms with van der Waals surface area (Å²) in [4.78, 5) is 80.5. The number of hydrogen-bond donors (Lipinski definition) is 4. The van der Waals surface area contributed by atoms with Crippen LogP contribution in [0.4, 0.5) is 5.69 Å². The highest BCUT2D eigenvalue weighted by atomic mass is 16.4. The fraction of sp³-hybridized carbons (Fsp3) is 0.500. The van der Waals surface area contributed by atoms with Crippen LogP contribution in [0.2, 0.25) is 0 Å². The Hall–Kier alpha value is -3.64. The summed E-state index contributed by atoms with van der Waals surface area (Å²) >= 11 is 0. The first-order valence-electron chi connectivity index (χ1n) is 11.3. The maximum absolute atomic E-state index is 13.8. The van der Waals surface area contributed by atoms with E-state index in [9.17, 15) is 44.1 Å². The number of phenols is 1. The Labute approximate surface area is 205 Å². The van der Waals surface area contributed by atoms with Gasteiger partial charge in [-0.05, 0) is 44.5 Å². The number of amides is 1. The average Bonchev–Trinajstić information content (AvgIpc) is 2.75. The van der Waals surface area contributed by atoms with Gasteiger partial charge in [-0.15, -0.1) is 0 Å². The number of rotatable bonds is 4. The predicted octanol–water partition coefficient (Wildman–Crippen LogP) is -1.37. The van der Waals surface area contributed by atoms with Crippen LogP contribution in [-0.2, 0) is 25.6 Å². The molecule has 5 N–H and O–H groups in total. The molecule has 0 aliphatic heterocycles. The van der Waals surface area contributed by atoms with Gasteiger partial charge in [0.2, 0.25) is 5.91 Å². The summed E-state index contributed by atoms with van der Waals surface area (Å²) in [6.45, 7) is 0. The Bertz CT molecular complexity index is 1250. The van der Waals surface area contributed by atoms with E-state index >= 15 is 0 Å². The fourth-order valence-corrected chi connectivity index (χ4v) is 6.21. The summed E-state index contributed by atoms with van der Waals surface area (Å²) in [5, 5.41) is 31.8. The van der Waals surface area contributed by atoms with Crippen LogP contribution >= 0.6 is 0 Å². The Morgan fingerprint density at radius 3 is 2.19 bits per heavy atom. The molecule has 0 heterocycles. The number of anilines is 1. The number of aromatic carboxylic acids is 1. The lowest BCUT2D eigenvalue weighted by Gasteiger charge is -2.52. The summed E-state index contributed by atoms with van der Waals surface area (Å²) in [6, 6.07) is 0.0430. The fourth-order valence-electron chi connectivity index (χ4n) is 6.21. The van der Waals surface area contributed by atoms with Gasteiger partial charge in [0, 0.05) is 25.7 Å². The molecule has 6 atom stereocenters. The standard InChI is InChI=1S/C24H27N3O9/c1-26(2)12-7-10(23(34)35)17(28)14-9(12)5-8-6-11-16(27(3)4)19(30)15(22(25)33)21(32)24(11,36)20(31)13(8)18(14)29/h7-8,11,13,15-16,28,36H,5-6H2,1-4H3,(H2,25,33)(H,34,35)/t8-,11-,13?,15?,16-,24-/m0/s1. The lowest BCUT2D eigenvalue weighted by Crippen LogP contribution is -2.74. The first-order chi connectivity index (χ1) is 16.7. The number of nitrogens with two attached hydrogens (primary N) is 1. The zero-order chi connectivity index (χ0) is 27.0. The number of aliphatic hydroxyl groups is 1. The van der Waals surface area contributed by atoms with Crippen LogP contribution in [0.25, 0.3) is 0 Å². The molecule has 0 bridgehead atoms. The number of likely N-dealkylation sites (N-methyl/N-ethyl adjacent to an activating group) is 1. The molecule has 0 radical (unpaired) electrons. The summed E-state index contributed by atoms with van der Waals surface area (Å²) in [7, 11) is 6.27. The third-order valence-corrected chi connectivity index (χ3v) is 7.75. The molecule has 0 saturated heterocycles. The number of carbonyl (C=O) groups excluding carboxylic acids is 5. The SMILES string of the molecule is CN(C)c1cc(C(=O)O)c(O)c2c1C[C@H]1C[C@H]3[C@H](N(C)C)C(=O)C(C(N)=O)C(=O)[C@@]3(O)C(=O)C1C2=O. The second kappa shape index (κ2) is 8.20. The van der Waals surface area contributed by atoms with Crippen molar-refractivity contribution in [2.75, 3.05) is 33.1 Å². The number of ketones is 4. The molecule has 12 nitrogen and oxygen atoms in total. The maximum Gasteiger partial charge on any atom is 0.339 e. The molecule has 0 spiro atoms. The monoisotopic (exact) mass is 501 g/mol. The zero-order valence-corrected chi connectivity index (χ0v) is 20.1. The van der Waals surface area contributed by atoms with Gasteiger partial charge in [-0.2, -0.15) is 0 Å². The Kier molecular flexibility index (Phi) is 5.80. The number of Topliss-reactive ketones (excluding diaryl/α,β-unsaturated/α-hetero) is 4. The first-order valence-corrected chi connectivity index (χ1v) is 11.3. The van der Waals surface area contributed by atoms with E-state index in [4.69, 9.17) is 5.73 Å². The van der Waals surface area contributed by atoms with Crippen molar-refractivity contribution in [3.8, 4) is 5.75 Å². The Morgan fingerprint density at radius 2 is 1.69 bits per heavy atom. The highest BCUT2D eigenvalue weighted by Crippen LogP contribution is 2.52. The van der Waals surface area contributed by atoms with Crippen molar-refractivity contribution in [3.05, 3.63) is 22.8 Å². The highest BCUT2D eigenvalue weighted by molar-refractivity contribution is 6.32. The van der Waals surface area contributed by atoms with Crippen molar-refractivity contribution in [1.82, 2.24) is 4.90 Å². The van der Waals surface area contributed by atoms with Gasteiger partial charge in [0.05, 0.1) is 17.5 Å². The van der Waals surface area contributed by atoms with Crippen LogP contribution in [0, 0.1) is 23.7 Å². The Morgan fingerprint density at radius 1 is 1.08 bits per heavy atom. The molecule has 192 valence electrons. The van der Waals surface area contributed by atoms with Crippen molar-refractivity contribution >= 4 is 40.7 Å². The summed E-state index contributed by atoms with van der Waals surface area (Å²) in [5.41, 5.74) is 2.25. The van der Waals surface area contributed by atoms with E-state index in [0.717, 1.165) is 0 Å². The number of carboxylic acid groups (broad SMARTS) is 1. The zero-order valence-electron chi connectivity index (χ0n) is 20.1. The van der Waals surface area contributed by atoms with E-state index in [1.165, 1.54) is 25.1 Å². The minimum atomic E-state index is -2.83. The number of carboxylic acids is 1. The van der Waals surface area contributed by atoms with Crippen LogP contribution in [0.5, 0.6) is 5.75 Å². The van der Waals surface area contributed by atoms with E-state index in [2.05, 4.69) is 0 Å². The van der Waals surface area contributed by atoms with Crippen molar-refractivity contribution in [1.29, 1.82) is 0 Å². The van der Waals surface area contributed by atoms with Gasteiger partial charge in [-0.25, -0.2) is 4.79 Å². The van der Waals surface area contributed by atoms with E-state index in [0.29, 0.717) is 11.3 Å². The normalized spacial score (nSPS) is 31.6. The molecular weight excluding hydrogens is 474 g/mol. The predicted molar refractivity (Wildman–Crippen MR) is 123 cm³/mol. The summed E-state index contributed by atoms with van der Waals surface area (Å²) in [6.07, 6.45) is -0.0367. The van der Waals surface area contributed by atoms with Crippen LogP contribution in [0.1, 0.15) is 32.7 Å². The van der Waals surface area contributed by atoms with Gasteiger partial charge in [0.15, 0.2) is 34.7 Å². The third kappa shape index (κ3) is 3.21. The quantitative estimate of drug-likeness (QED) is 0.355. The molecule has 3 aliphatic rings. The van der Waals surface area contributed by atoms with E-state index in [1.54, 1.807) is 19.0 Å². The molecule has 0 aromatic heterocycles. The lowest BCUT2D eigenvalue weighted by atomic mass is 9.52. The van der Waals surface area contributed by atoms with E-state index in [1.807, 2.05) is 0 Å². The van der Waals surface area contributed by atoms with E-state index in [-0.39, 0.29) is 18.4 Å². The number of aromatic hydroxyl groups is 1. The number of carbonyl (C=O) groups is 6. The maximum atomic E-state index is 13.8. The van der Waals surface area contributed by atoms with Gasteiger partial charge < -0.3 is 26.0 Å². The average molecular weight is 501 g/mol. The summed E-state index contributed by atoms with van der Waals surface area (Å²) < 4.78 is 0. The van der Waals surface area contributed by atoms with Gasteiger partial charge in [0.25, 0.3) is 0 Å². The van der Waals surface area contributed by atoms with Gasteiger partial charge in [-0.1, -0.05) is 0 Å².